The summed E-state index contributed by atoms with van der Waals surface area (Å²) < 4.78 is 5.61. The summed E-state index contributed by atoms with van der Waals surface area (Å²) in [5.41, 5.74) is 2.49. The summed E-state index contributed by atoms with van der Waals surface area (Å²) in [6.45, 7) is 1.89. The standard InChI is InChI=1S/C22H20N2O4/c1-13-2-9-17-18(25)12-20(28-19(17)10-13)22(27)24-16-5-3-14(4-6-16)11-21(26)23-15-7-8-15/h2-6,9-10,12,15H,7-8,11H2,1H3,(H,23,26)(H,24,27). The lowest BCUT2D eigenvalue weighted by Crippen LogP contribution is -2.26. The molecule has 0 saturated heterocycles. The summed E-state index contributed by atoms with van der Waals surface area (Å²) in [5, 5.41) is 6.10. The highest BCUT2D eigenvalue weighted by molar-refractivity contribution is 6.03. The van der Waals surface area contributed by atoms with Crippen LogP contribution in [-0.2, 0) is 11.2 Å². The molecule has 0 radical (unpaired) electrons. The van der Waals surface area contributed by atoms with Gasteiger partial charge in [0.25, 0.3) is 5.91 Å². The van der Waals surface area contributed by atoms with Crippen molar-refractivity contribution in [2.24, 2.45) is 0 Å². The summed E-state index contributed by atoms with van der Waals surface area (Å²) in [6.07, 6.45) is 2.42. The van der Waals surface area contributed by atoms with E-state index >= 15 is 0 Å². The van der Waals surface area contributed by atoms with Gasteiger partial charge in [-0.05, 0) is 55.2 Å². The SMILES string of the molecule is Cc1ccc2c(=O)cc(C(=O)Nc3ccc(CC(=O)NC4CC4)cc3)oc2c1. The molecule has 0 spiro atoms. The minimum absolute atomic E-state index is 0.00696. The molecule has 4 rings (SSSR count). The molecule has 142 valence electrons. The Balaban J connectivity index is 1.46. The number of rotatable bonds is 5. The van der Waals surface area contributed by atoms with Gasteiger partial charge in [0.2, 0.25) is 5.91 Å². The van der Waals surface area contributed by atoms with Gasteiger partial charge in [-0.15, -0.1) is 0 Å². The van der Waals surface area contributed by atoms with Crippen molar-refractivity contribution in [3.63, 3.8) is 0 Å². The summed E-state index contributed by atoms with van der Waals surface area (Å²) in [6, 6.07) is 13.8. The molecule has 0 bridgehead atoms. The second kappa shape index (κ2) is 7.31. The molecular formula is C22H20N2O4. The fourth-order valence-electron chi connectivity index (χ4n) is 2.96. The lowest BCUT2D eigenvalue weighted by molar-refractivity contribution is -0.120. The van der Waals surface area contributed by atoms with Crippen LogP contribution < -0.4 is 16.1 Å². The molecule has 1 fully saturated rings. The second-order valence-electron chi connectivity index (χ2n) is 7.14. The Hall–Kier alpha value is -3.41. The molecule has 0 unspecified atom stereocenters. The van der Waals surface area contributed by atoms with E-state index in [1.807, 2.05) is 13.0 Å². The van der Waals surface area contributed by atoms with Crippen LogP contribution in [0, 0.1) is 6.92 Å². The van der Waals surface area contributed by atoms with E-state index in [0.717, 1.165) is 24.0 Å². The molecule has 0 aliphatic heterocycles. The van der Waals surface area contributed by atoms with E-state index < -0.39 is 5.91 Å². The Morgan fingerprint density at radius 3 is 2.54 bits per heavy atom. The van der Waals surface area contributed by atoms with Crippen molar-refractivity contribution in [2.75, 3.05) is 5.32 Å². The van der Waals surface area contributed by atoms with E-state index in [1.165, 1.54) is 6.07 Å². The Bertz CT molecular complexity index is 1110. The Labute approximate surface area is 161 Å². The molecule has 1 aromatic heterocycles. The van der Waals surface area contributed by atoms with Crippen LogP contribution in [0.3, 0.4) is 0 Å². The van der Waals surface area contributed by atoms with Crippen LogP contribution in [0.1, 0.15) is 34.5 Å². The minimum atomic E-state index is -0.500. The molecular weight excluding hydrogens is 356 g/mol. The highest BCUT2D eigenvalue weighted by Gasteiger charge is 2.23. The maximum absolute atomic E-state index is 12.5. The predicted molar refractivity (Wildman–Crippen MR) is 106 cm³/mol. The average molecular weight is 376 g/mol. The topological polar surface area (TPSA) is 88.4 Å². The normalized spacial score (nSPS) is 13.3. The van der Waals surface area contributed by atoms with E-state index in [1.54, 1.807) is 36.4 Å². The second-order valence-corrected chi connectivity index (χ2v) is 7.14. The third-order valence-electron chi connectivity index (χ3n) is 4.63. The number of carbonyl (C=O) groups is 2. The zero-order valence-electron chi connectivity index (χ0n) is 15.5. The van der Waals surface area contributed by atoms with Crippen LogP contribution in [0.15, 0.2) is 57.7 Å². The van der Waals surface area contributed by atoms with Crippen LogP contribution in [0.25, 0.3) is 11.0 Å². The van der Waals surface area contributed by atoms with Crippen LogP contribution >= 0.6 is 0 Å². The van der Waals surface area contributed by atoms with Crippen LogP contribution in [0.4, 0.5) is 5.69 Å². The summed E-state index contributed by atoms with van der Waals surface area (Å²) in [5.74, 6) is -0.539. The molecule has 1 aliphatic rings. The van der Waals surface area contributed by atoms with Crippen LogP contribution in [0.2, 0.25) is 0 Å². The van der Waals surface area contributed by atoms with Gasteiger partial charge in [-0.25, -0.2) is 0 Å². The molecule has 6 nitrogen and oxygen atoms in total. The van der Waals surface area contributed by atoms with Gasteiger partial charge < -0.3 is 15.1 Å². The van der Waals surface area contributed by atoms with Gasteiger partial charge in [0.05, 0.1) is 11.8 Å². The number of hydrogen-bond acceptors (Lipinski definition) is 4. The molecule has 1 saturated carbocycles. The van der Waals surface area contributed by atoms with Crippen LogP contribution in [-0.4, -0.2) is 17.9 Å². The molecule has 6 heteroatoms. The highest BCUT2D eigenvalue weighted by atomic mass is 16.3. The molecule has 1 heterocycles. The first kappa shape index (κ1) is 18.0. The van der Waals surface area contributed by atoms with Gasteiger partial charge in [0.15, 0.2) is 11.2 Å². The number of aryl methyl sites for hydroxylation is 1. The fraction of sp³-hybridized carbons (Fsp3) is 0.227. The molecule has 0 atom stereocenters. The highest BCUT2D eigenvalue weighted by Crippen LogP contribution is 2.19. The Morgan fingerprint density at radius 1 is 1.07 bits per heavy atom. The van der Waals surface area contributed by atoms with Crippen molar-refractivity contribution in [2.45, 2.75) is 32.2 Å². The third kappa shape index (κ3) is 4.11. The van der Waals surface area contributed by atoms with Gasteiger partial charge in [-0.1, -0.05) is 18.2 Å². The lowest BCUT2D eigenvalue weighted by atomic mass is 10.1. The average Bonchev–Trinajstić information content (AvgIpc) is 3.46. The number of nitrogens with one attached hydrogen (secondary N) is 2. The maximum atomic E-state index is 12.5. The molecule has 1 aliphatic carbocycles. The van der Waals surface area contributed by atoms with Crippen molar-refractivity contribution in [1.82, 2.24) is 5.32 Å². The van der Waals surface area contributed by atoms with Crippen molar-refractivity contribution in [1.29, 1.82) is 0 Å². The van der Waals surface area contributed by atoms with E-state index in [9.17, 15) is 14.4 Å². The number of amides is 2. The first-order valence-electron chi connectivity index (χ1n) is 9.22. The molecule has 2 aromatic carbocycles. The van der Waals surface area contributed by atoms with Gasteiger partial charge in [-0.2, -0.15) is 0 Å². The van der Waals surface area contributed by atoms with Crippen molar-refractivity contribution in [3.8, 4) is 0 Å². The van der Waals surface area contributed by atoms with Gasteiger partial charge >= 0.3 is 0 Å². The quantitative estimate of drug-likeness (QED) is 0.716. The van der Waals surface area contributed by atoms with E-state index in [4.69, 9.17) is 4.42 Å². The van der Waals surface area contributed by atoms with Crippen LogP contribution in [0.5, 0.6) is 0 Å². The third-order valence-corrected chi connectivity index (χ3v) is 4.63. The summed E-state index contributed by atoms with van der Waals surface area (Å²) >= 11 is 0. The molecule has 2 amide bonds. The minimum Gasteiger partial charge on any atom is -0.451 e. The number of carbonyl (C=O) groups excluding carboxylic acids is 2. The summed E-state index contributed by atoms with van der Waals surface area (Å²) in [4.78, 5) is 36.5. The van der Waals surface area contributed by atoms with Gasteiger partial charge in [0, 0.05) is 17.8 Å². The Morgan fingerprint density at radius 2 is 1.82 bits per heavy atom. The van der Waals surface area contributed by atoms with Gasteiger partial charge in [0.1, 0.15) is 5.58 Å². The zero-order chi connectivity index (χ0) is 19.7. The first-order chi connectivity index (χ1) is 13.5. The largest absolute Gasteiger partial charge is 0.451 e. The number of anilines is 1. The number of hydrogen-bond donors (Lipinski definition) is 2. The first-order valence-corrected chi connectivity index (χ1v) is 9.22. The smallest absolute Gasteiger partial charge is 0.291 e. The maximum Gasteiger partial charge on any atom is 0.291 e. The van der Waals surface area contributed by atoms with E-state index in [-0.39, 0.29) is 17.1 Å². The molecule has 3 aromatic rings. The van der Waals surface area contributed by atoms with E-state index in [2.05, 4.69) is 10.6 Å². The van der Waals surface area contributed by atoms with Crippen molar-refractivity contribution in [3.05, 3.63) is 75.6 Å². The number of benzene rings is 2. The molecule has 2 N–H and O–H groups in total. The van der Waals surface area contributed by atoms with Crippen molar-refractivity contribution < 1.29 is 14.0 Å². The predicted octanol–water partition coefficient (Wildman–Crippen LogP) is 3.17. The lowest BCUT2D eigenvalue weighted by Gasteiger charge is -2.07. The number of fused-ring (bicyclic) bond motifs is 1. The summed E-state index contributed by atoms with van der Waals surface area (Å²) in [7, 11) is 0. The van der Waals surface area contributed by atoms with Gasteiger partial charge in [-0.3, -0.25) is 14.4 Å². The Kier molecular flexibility index (Phi) is 4.69. The molecule has 28 heavy (non-hydrogen) atoms. The van der Waals surface area contributed by atoms with E-state index in [0.29, 0.717) is 29.1 Å². The zero-order valence-corrected chi connectivity index (χ0v) is 15.5. The van der Waals surface area contributed by atoms with Crippen molar-refractivity contribution >= 4 is 28.5 Å². The monoisotopic (exact) mass is 376 g/mol. The fourth-order valence-corrected chi connectivity index (χ4v) is 2.96.